The fourth-order valence-electron chi connectivity index (χ4n) is 6.77. The van der Waals surface area contributed by atoms with E-state index in [1.54, 1.807) is 32.6 Å². The summed E-state index contributed by atoms with van der Waals surface area (Å²) >= 11 is 0. The summed E-state index contributed by atoms with van der Waals surface area (Å²) in [5.74, 6) is -7.27. The van der Waals surface area contributed by atoms with Crippen molar-refractivity contribution in [2.45, 2.75) is 144 Å². The number of rotatable bonds is 31. The topological polar surface area (TPSA) is 320 Å². The minimum atomic E-state index is -1.55. The molecule has 0 heterocycles. The molecule has 0 saturated heterocycles. The Hall–Kier alpha value is -5.67. The van der Waals surface area contributed by atoms with Gasteiger partial charge in [0.15, 0.2) is 0 Å². The van der Waals surface area contributed by atoms with Crippen LogP contribution in [-0.4, -0.2) is 143 Å². The number of carbonyl (C=O) groups is 9. The molecular formula is C46H78N10O11. The third-order valence-electron chi connectivity index (χ3n) is 10.7. The maximum Gasteiger partial charge on any atom is 0.326 e. The second kappa shape index (κ2) is 30.6. The number of nitrogens with two attached hydrogens (primary N) is 1. The van der Waals surface area contributed by atoms with Gasteiger partial charge in [0.2, 0.25) is 47.3 Å². The molecule has 1 rings (SSSR count). The number of nitrogens with zero attached hydrogens (tertiary/aromatic N) is 1. The number of amides is 8. The van der Waals surface area contributed by atoms with E-state index in [9.17, 15) is 53.4 Å². The van der Waals surface area contributed by atoms with Crippen LogP contribution in [0.1, 0.15) is 100 Å². The highest BCUT2D eigenvalue weighted by Crippen LogP contribution is 2.13. The van der Waals surface area contributed by atoms with Gasteiger partial charge in [0.25, 0.3) is 0 Å². The van der Waals surface area contributed by atoms with E-state index >= 15 is 0 Å². The summed E-state index contributed by atoms with van der Waals surface area (Å²) in [5, 5.41) is 40.7. The first kappa shape index (κ1) is 59.3. The number of aliphatic carboxylic acids is 1. The van der Waals surface area contributed by atoms with Gasteiger partial charge in [-0.05, 0) is 55.9 Å². The fourth-order valence-corrected chi connectivity index (χ4v) is 6.77. The number of benzene rings is 1. The van der Waals surface area contributed by atoms with E-state index in [2.05, 4.69) is 42.5 Å². The van der Waals surface area contributed by atoms with Crippen LogP contribution >= 0.6 is 0 Å². The third-order valence-corrected chi connectivity index (χ3v) is 10.7. The van der Waals surface area contributed by atoms with E-state index in [0.29, 0.717) is 19.4 Å². The lowest BCUT2D eigenvalue weighted by molar-refractivity contribution is -0.144. The molecular weight excluding hydrogens is 869 g/mol. The summed E-state index contributed by atoms with van der Waals surface area (Å²) in [5.41, 5.74) is 6.35. The van der Waals surface area contributed by atoms with Crippen molar-refractivity contribution in [1.29, 1.82) is 0 Å². The number of carboxylic acid groups (broad SMARTS) is 1. The first-order valence-electron chi connectivity index (χ1n) is 23.1. The van der Waals surface area contributed by atoms with Crippen LogP contribution in [0, 0.1) is 23.7 Å². The lowest BCUT2D eigenvalue weighted by Gasteiger charge is -2.29. The zero-order chi connectivity index (χ0) is 51.0. The van der Waals surface area contributed by atoms with Crippen LogP contribution in [0.5, 0.6) is 0 Å². The second-order valence-corrected chi connectivity index (χ2v) is 18.2. The Bertz CT molecular complexity index is 1780. The summed E-state index contributed by atoms with van der Waals surface area (Å²) in [7, 11) is 0. The predicted molar refractivity (Wildman–Crippen MR) is 251 cm³/mol. The number of carbonyl (C=O) groups excluding carboxylic acids is 8. The van der Waals surface area contributed by atoms with Gasteiger partial charge in [0, 0.05) is 32.6 Å². The molecule has 0 aliphatic carbocycles. The average Bonchev–Trinajstić information content (AvgIpc) is 3.24. The van der Waals surface area contributed by atoms with Crippen molar-refractivity contribution in [1.82, 2.24) is 47.4 Å². The summed E-state index contributed by atoms with van der Waals surface area (Å²) in [4.78, 5) is 119. The molecule has 378 valence electrons. The molecule has 0 saturated carbocycles. The summed E-state index contributed by atoms with van der Waals surface area (Å²) in [6, 6.07) is 2.30. The number of aliphatic hydroxyl groups excluding tert-OH is 1. The van der Waals surface area contributed by atoms with Crippen LogP contribution in [0.3, 0.4) is 0 Å². The van der Waals surface area contributed by atoms with Crippen LogP contribution in [0.15, 0.2) is 30.3 Å². The highest BCUT2D eigenvalue weighted by atomic mass is 16.4. The molecule has 21 heteroatoms. The van der Waals surface area contributed by atoms with Crippen molar-refractivity contribution >= 4 is 53.2 Å². The summed E-state index contributed by atoms with van der Waals surface area (Å²) in [6.45, 7) is 17.0. The Labute approximate surface area is 395 Å². The summed E-state index contributed by atoms with van der Waals surface area (Å²) in [6.07, 6.45) is -0.457. The Morgan fingerprint density at radius 1 is 0.627 bits per heavy atom. The number of hydrogen-bond donors (Lipinski definition) is 11. The van der Waals surface area contributed by atoms with E-state index in [0.717, 1.165) is 5.56 Å². The van der Waals surface area contributed by atoms with Gasteiger partial charge in [-0.2, -0.15) is 0 Å². The van der Waals surface area contributed by atoms with Crippen molar-refractivity contribution in [2.75, 3.05) is 32.7 Å². The first-order chi connectivity index (χ1) is 31.4. The van der Waals surface area contributed by atoms with Crippen LogP contribution in [0.2, 0.25) is 0 Å². The highest BCUT2D eigenvalue weighted by Gasteiger charge is 2.35. The van der Waals surface area contributed by atoms with Gasteiger partial charge in [-0.25, -0.2) is 4.79 Å². The fraction of sp³-hybridized carbons (Fsp3) is 0.674. The van der Waals surface area contributed by atoms with Crippen molar-refractivity contribution < 1.29 is 53.4 Å². The van der Waals surface area contributed by atoms with Gasteiger partial charge in [0.1, 0.15) is 36.3 Å². The lowest BCUT2D eigenvalue weighted by Crippen LogP contribution is -2.61. The zero-order valence-electron chi connectivity index (χ0n) is 40.9. The molecule has 0 spiro atoms. The number of carboxylic acids is 1. The van der Waals surface area contributed by atoms with E-state index in [-0.39, 0.29) is 56.8 Å². The van der Waals surface area contributed by atoms with Gasteiger partial charge in [-0.1, -0.05) is 92.1 Å². The van der Waals surface area contributed by atoms with Gasteiger partial charge in [0.05, 0.1) is 19.2 Å². The molecule has 67 heavy (non-hydrogen) atoms. The SMILES string of the molecule is CC[C@H](C)[C@H](NC(=O)CNC(=O)CN(CCNC(=O)[C@H](C)NC(=O)[C@H](CC(C)C)NC(=O)CCN)Cc1ccccc1)C(=O)N[C@@H](CC(C)C)C(=O)N[C@H](C(=O)N[C@H](C(=O)O)C(C)C)[C@@H](C)O. The maximum atomic E-state index is 13.8. The molecule has 0 aromatic heterocycles. The van der Waals surface area contributed by atoms with E-state index in [1.165, 1.54) is 13.8 Å². The van der Waals surface area contributed by atoms with Gasteiger partial charge < -0.3 is 58.5 Å². The Morgan fingerprint density at radius 2 is 1.18 bits per heavy atom. The largest absolute Gasteiger partial charge is 0.480 e. The molecule has 0 bridgehead atoms. The van der Waals surface area contributed by atoms with Crippen molar-refractivity contribution in [3.8, 4) is 0 Å². The van der Waals surface area contributed by atoms with Crippen LogP contribution in [-0.2, 0) is 49.7 Å². The van der Waals surface area contributed by atoms with Crippen molar-refractivity contribution in [3.05, 3.63) is 35.9 Å². The molecule has 8 atom stereocenters. The standard InChI is InChI=1S/C46H78N10O11/c1-11-29(8)39(44(64)52-34(22-27(4)5)43(63)55-40(31(10)57)45(65)54-38(28(6)7)46(66)67)53-36(59)23-49-37(60)25-56(24-32-15-13-12-14-16-32)20-19-48-41(61)30(9)50-42(62)33(21-26(2)3)51-35(58)17-18-47/h12-16,26-31,33-34,38-40,57H,11,17-25,47H2,1-10H3,(H,48,61)(H,49,60)(H,50,62)(H,51,58)(H,52,64)(H,53,59)(H,54,65)(H,55,63)(H,66,67)/t29-,30-,31+,33-,34-,38-,39-,40-/m0/s1. The van der Waals surface area contributed by atoms with Crippen molar-refractivity contribution in [3.63, 3.8) is 0 Å². The second-order valence-electron chi connectivity index (χ2n) is 18.2. The highest BCUT2D eigenvalue weighted by molar-refractivity contribution is 5.96. The number of nitrogens with one attached hydrogen (secondary N) is 8. The van der Waals surface area contributed by atoms with Crippen molar-refractivity contribution in [2.24, 2.45) is 29.4 Å². The van der Waals surface area contributed by atoms with Crippen LogP contribution < -0.4 is 48.3 Å². The lowest BCUT2D eigenvalue weighted by atomic mass is 9.96. The Morgan fingerprint density at radius 3 is 1.70 bits per heavy atom. The minimum absolute atomic E-state index is 0.0572. The normalized spacial score (nSPS) is 14.9. The smallest absolute Gasteiger partial charge is 0.326 e. The number of hydrogen-bond acceptors (Lipinski definition) is 12. The van der Waals surface area contributed by atoms with E-state index < -0.39 is 108 Å². The summed E-state index contributed by atoms with van der Waals surface area (Å²) < 4.78 is 0. The molecule has 0 radical (unpaired) electrons. The van der Waals surface area contributed by atoms with Gasteiger partial charge >= 0.3 is 5.97 Å². The third kappa shape index (κ3) is 23.1. The molecule has 21 nitrogen and oxygen atoms in total. The monoisotopic (exact) mass is 947 g/mol. The molecule has 12 N–H and O–H groups in total. The molecule has 1 aromatic carbocycles. The van der Waals surface area contributed by atoms with Crippen LogP contribution in [0.25, 0.3) is 0 Å². The molecule has 8 amide bonds. The number of aliphatic hydroxyl groups is 1. The molecule has 0 fully saturated rings. The minimum Gasteiger partial charge on any atom is -0.480 e. The quantitative estimate of drug-likeness (QED) is 0.0438. The molecule has 0 aliphatic heterocycles. The van der Waals surface area contributed by atoms with E-state index in [4.69, 9.17) is 5.73 Å². The molecule has 0 aliphatic rings. The molecule has 1 aromatic rings. The molecule has 0 unspecified atom stereocenters. The average molecular weight is 947 g/mol. The first-order valence-corrected chi connectivity index (χ1v) is 23.1. The zero-order valence-corrected chi connectivity index (χ0v) is 40.9. The predicted octanol–water partition coefficient (Wildman–Crippen LogP) is -0.742. The maximum absolute atomic E-state index is 13.8. The van der Waals surface area contributed by atoms with Gasteiger partial charge in [-0.15, -0.1) is 0 Å². The van der Waals surface area contributed by atoms with Crippen LogP contribution in [0.4, 0.5) is 0 Å². The van der Waals surface area contributed by atoms with Gasteiger partial charge in [-0.3, -0.25) is 43.3 Å². The Balaban J connectivity index is 3.02. The van der Waals surface area contributed by atoms with E-state index in [1.807, 2.05) is 58.0 Å². The Kier molecular flexibility index (Phi) is 27.1.